The van der Waals surface area contributed by atoms with Crippen molar-refractivity contribution in [1.29, 1.82) is 0 Å². The summed E-state index contributed by atoms with van der Waals surface area (Å²) in [7, 11) is 2.20. The molecule has 0 aliphatic rings. The minimum atomic E-state index is 0.454. The van der Waals surface area contributed by atoms with Gasteiger partial charge in [0.25, 0.3) is 0 Å². The highest BCUT2D eigenvalue weighted by Crippen LogP contribution is 2.20. The number of nitrogens with one attached hydrogen (secondary N) is 1. The Balaban J connectivity index is 2.33. The molecule has 0 radical (unpaired) electrons. The number of nitrogens with zero attached hydrogens (tertiary/aromatic N) is 1. The van der Waals surface area contributed by atoms with Gasteiger partial charge in [-0.1, -0.05) is 37.1 Å². The third-order valence-corrected chi connectivity index (χ3v) is 4.31. The maximum absolute atomic E-state index is 5.97. The summed E-state index contributed by atoms with van der Waals surface area (Å²) in [6.45, 7) is 8.99. The molecule has 1 aromatic rings. The summed E-state index contributed by atoms with van der Waals surface area (Å²) in [6.07, 6.45) is 4.84. The second-order valence-corrected chi connectivity index (χ2v) is 6.56. The molecule has 1 rings (SSSR count). The van der Waals surface area contributed by atoms with Crippen LogP contribution in [0.5, 0.6) is 0 Å². The van der Waals surface area contributed by atoms with Crippen LogP contribution in [0.15, 0.2) is 24.3 Å². The normalized spacial score (nSPS) is 13.1. The minimum Gasteiger partial charge on any atom is -0.310 e. The third-order valence-electron chi connectivity index (χ3n) is 4.06. The van der Waals surface area contributed by atoms with Crippen molar-refractivity contribution in [3.63, 3.8) is 0 Å². The zero-order valence-electron chi connectivity index (χ0n) is 14.0. The summed E-state index contributed by atoms with van der Waals surface area (Å²) in [5.41, 5.74) is 1.35. The van der Waals surface area contributed by atoms with Crippen LogP contribution in [0.4, 0.5) is 0 Å². The average Bonchev–Trinajstić information content (AvgIpc) is 2.46. The van der Waals surface area contributed by atoms with Crippen molar-refractivity contribution in [3.05, 3.63) is 34.9 Å². The van der Waals surface area contributed by atoms with E-state index in [0.717, 1.165) is 11.6 Å². The standard InChI is InChI=1S/C18H31ClN2/c1-5-8-18(16-9-11-17(19)12-10-16)20-13-6-7-14-21(4)15(2)3/h9-12,15,18,20H,5-8,13-14H2,1-4H3. The molecule has 0 aliphatic heterocycles. The SMILES string of the molecule is CCCC(NCCCCN(C)C(C)C)c1ccc(Cl)cc1. The van der Waals surface area contributed by atoms with Crippen molar-refractivity contribution in [1.82, 2.24) is 10.2 Å². The lowest BCUT2D eigenvalue weighted by Gasteiger charge is -2.22. The van der Waals surface area contributed by atoms with E-state index in [0.29, 0.717) is 12.1 Å². The summed E-state index contributed by atoms with van der Waals surface area (Å²) in [6, 6.07) is 9.34. The van der Waals surface area contributed by atoms with E-state index in [1.54, 1.807) is 0 Å². The number of unbranched alkanes of at least 4 members (excludes halogenated alkanes) is 1. The Bertz CT molecular complexity index is 375. The molecule has 120 valence electrons. The van der Waals surface area contributed by atoms with Gasteiger partial charge >= 0.3 is 0 Å². The van der Waals surface area contributed by atoms with E-state index in [9.17, 15) is 0 Å². The highest BCUT2D eigenvalue weighted by molar-refractivity contribution is 6.30. The Hall–Kier alpha value is -0.570. The molecule has 1 N–H and O–H groups in total. The number of benzene rings is 1. The third kappa shape index (κ3) is 7.30. The van der Waals surface area contributed by atoms with Crippen molar-refractivity contribution < 1.29 is 0 Å². The summed E-state index contributed by atoms with van der Waals surface area (Å²) in [5.74, 6) is 0. The molecule has 1 aromatic carbocycles. The van der Waals surface area contributed by atoms with Gasteiger partial charge in [-0.05, 0) is 70.9 Å². The Morgan fingerprint density at radius 2 is 1.81 bits per heavy atom. The van der Waals surface area contributed by atoms with Crippen molar-refractivity contribution in [3.8, 4) is 0 Å². The summed E-state index contributed by atoms with van der Waals surface area (Å²) in [4.78, 5) is 2.41. The Morgan fingerprint density at radius 1 is 1.14 bits per heavy atom. The van der Waals surface area contributed by atoms with Gasteiger partial charge in [0, 0.05) is 17.1 Å². The van der Waals surface area contributed by atoms with E-state index in [4.69, 9.17) is 11.6 Å². The quantitative estimate of drug-likeness (QED) is 0.619. The van der Waals surface area contributed by atoms with Crippen LogP contribution in [0.3, 0.4) is 0 Å². The first-order valence-corrected chi connectivity index (χ1v) is 8.61. The van der Waals surface area contributed by atoms with Crippen LogP contribution >= 0.6 is 11.6 Å². The van der Waals surface area contributed by atoms with Gasteiger partial charge in [0.1, 0.15) is 0 Å². The van der Waals surface area contributed by atoms with Gasteiger partial charge in [-0.25, -0.2) is 0 Å². The summed E-state index contributed by atoms with van der Waals surface area (Å²) < 4.78 is 0. The number of hydrogen-bond acceptors (Lipinski definition) is 2. The predicted molar refractivity (Wildman–Crippen MR) is 94.1 cm³/mol. The van der Waals surface area contributed by atoms with Gasteiger partial charge in [0.2, 0.25) is 0 Å². The summed E-state index contributed by atoms with van der Waals surface area (Å²) >= 11 is 5.97. The van der Waals surface area contributed by atoms with E-state index in [1.165, 1.54) is 37.8 Å². The van der Waals surface area contributed by atoms with E-state index < -0.39 is 0 Å². The Labute approximate surface area is 135 Å². The molecule has 1 unspecified atom stereocenters. The lowest BCUT2D eigenvalue weighted by atomic mass is 10.0. The van der Waals surface area contributed by atoms with Crippen molar-refractivity contribution in [2.45, 2.75) is 58.5 Å². The predicted octanol–water partition coefficient (Wildman–Crippen LogP) is 4.89. The highest BCUT2D eigenvalue weighted by Gasteiger charge is 2.09. The number of rotatable bonds is 10. The lowest BCUT2D eigenvalue weighted by Crippen LogP contribution is -2.28. The second kappa shape index (κ2) is 10.2. The zero-order valence-corrected chi connectivity index (χ0v) is 14.8. The van der Waals surface area contributed by atoms with E-state index >= 15 is 0 Å². The van der Waals surface area contributed by atoms with E-state index in [-0.39, 0.29) is 0 Å². The molecule has 0 aliphatic carbocycles. The molecular weight excluding hydrogens is 280 g/mol. The molecule has 0 bridgehead atoms. The molecule has 0 aromatic heterocycles. The topological polar surface area (TPSA) is 15.3 Å². The first kappa shape index (κ1) is 18.5. The van der Waals surface area contributed by atoms with Crippen LogP contribution in [-0.4, -0.2) is 31.1 Å². The van der Waals surface area contributed by atoms with Gasteiger partial charge in [-0.2, -0.15) is 0 Å². The maximum atomic E-state index is 5.97. The minimum absolute atomic E-state index is 0.454. The van der Waals surface area contributed by atoms with E-state index in [2.05, 4.69) is 50.2 Å². The molecule has 0 amide bonds. The molecule has 0 saturated heterocycles. The molecule has 1 atom stereocenters. The highest BCUT2D eigenvalue weighted by atomic mass is 35.5. The Morgan fingerprint density at radius 3 is 2.38 bits per heavy atom. The summed E-state index contributed by atoms with van der Waals surface area (Å²) in [5, 5.41) is 4.51. The number of hydrogen-bond donors (Lipinski definition) is 1. The van der Waals surface area contributed by atoms with Crippen molar-refractivity contribution >= 4 is 11.6 Å². The second-order valence-electron chi connectivity index (χ2n) is 6.13. The van der Waals surface area contributed by atoms with Crippen LogP contribution in [0, 0.1) is 0 Å². The van der Waals surface area contributed by atoms with Gasteiger partial charge in [0.05, 0.1) is 0 Å². The number of halogens is 1. The Kier molecular flexibility index (Phi) is 8.98. The van der Waals surface area contributed by atoms with Crippen LogP contribution < -0.4 is 5.32 Å². The fourth-order valence-electron chi connectivity index (χ4n) is 2.39. The van der Waals surface area contributed by atoms with Crippen LogP contribution in [0.2, 0.25) is 5.02 Å². The van der Waals surface area contributed by atoms with Gasteiger partial charge < -0.3 is 10.2 Å². The van der Waals surface area contributed by atoms with E-state index in [1.807, 2.05) is 12.1 Å². The first-order chi connectivity index (χ1) is 10.0. The molecule has 2 nitrogen and oxygen atoms in total. The van der Waals surface area contributed by atoms with Gasteiger partial charge in [-0.3, -0.25) is 0 Å². The van der Waals surface area contributed by atoms with Crippen LogP contribution in [0.1, 0.15) is 58.1 Å². The lowest BCUT2D eigenvalue weighted by molar-refractivity contribution is 0.267. The van der Waals surface area contributed by atoms with Crippen molar-refractivity contribution in [2.24, 2.45) is 0 Å². The van der Waals surface area contributed by atoms with Gasteiger partial charge in [-0.15, -0.1) is 0 Å². The molecule has 0 spiro atoms. The maximum Gasteiger partial charge on any atom is 0.0406 e. The van der Waals surface area contributed by atoms with Gasteiger partial charge in [0.15, 0.2) is 0 Å². The van der Waals surface area contributed by atoms with Crippen molar-refractivity contribution in [2.75, 3.05) is 20.1 Å². The largest absolute Gasteiger partial charge is 0.310 e. The van der Waals surface area contributed by atoms with Crippen LogP contribution in [0.25, 0.3) is 0 Å². The molecule has 0 saturated carbocycles. The monoisotopic (exact) mass is 310 g/mol. The van der Waals surface area contributed by atoms with Crippen LogP contribution in [-0.2, 0) is 0 Å². The first-order valence-electron chi connectivity index (χ1n) is 8.23. The average molecular weight is 311 g/mol. The molecule has 21 heavy (non-hydrogen) atoms. The fourth-order valence-corrected chi connectivity index (χ4v) is 2.52. The molecule has 0 fully saturated rings. The fraction of sp³-hybridized carbons (Fsp3) is 0.667. The zero-order chi connectivity index (χ0) is 15.7. The molecular formula is C18H31ClN2. The molecule has 3 heteroatoms. The smallest absolute Gasteiger partial charge is 0.0406 e. The molecule has 0 heterocycles.